The Morgan fingerprint density at radius 2 is 1.80 bits per heavy atom. The Labute approximate surface area is 225 Å². The van der Waals surface area contributed by atoms with Gasteiger partial charge in [-0.2, -0.15) is 5.26 Å². The van der Waals surface area contributed by atoms with Crippen LogP contribution in [0, 0.1) is 18.3 Å². The number of nitriles is 1. The molecule has 2 amide bonds. The largest absolute Gasteiger partial charge is 0.321 e. The van der Waals surface area contributed by atoms with Gasteiger partial charge in [-0.15, -0.1) is 0 Å². The highest BCUT2D eigenvalue weighted by atomic mass is 79.9. The molecule has 1 fully saturated rings. The van der Waals surface area contributed by atoms with Gasteiger partial charge in [-0.1, -0.05) is 68.6 Å². The van der Waals surface area contributed by atoms with Crippen LogP contribution in [0.3, 0.4) is 0 Å². The minimum absolute atomic E-state index is 0.147. The van der Waals surface area contributed by atoms with Crippen LogP contribution in [0.25, 0.3) is 0 Å². The van der Waals surface area contributed by atoms with Crippen molar-refractivity contribution in [1.29, 1.82) is 5.26 Å². The maximum Gasteiger partial charge on any atom is 0.269 e. The molecule has 0 radical (unpaired) electrons. The van der Waals surface area contributed by atoms with E-state index in [4.69, 9.17) is 23.2 Å². The van der Waals surface area contributed by atoms with Crippen LogP contribution in [0.4, 0.5) is 11.4 Å². The summed E-state index contributed by atoms with van der Waals surface area (Å²) >= 11 is 17.0. The predicted octanol–water partition coefficient (Wildman–Crippen LogP) is 7.13. The topological polar surface area (TPSA) is 73.2 Å². The van der Waals surface area contributed by atoms with Crippen molar-refractivity contribution in [3.05, 3.63) is 103 Å². The third kappa shape index (κ3) is 5.74. The number of thioether (sulfide) groups is 1. The number of halogens is 3. The van der Waals surface area contributed by atoms with Gasteiger partial charge in [-0.25, -0.2) is 0 Å². The van der Waals surface area contributed by atoms with Crippen LogP contribution in [0.15, 0.2) is 81.8 Å². The number of nitrogens with zero attached hydrogens (tertiary/aromatic N) is 2. The summed E-state index contributed by atoms with van der Waals surface area (Å²) in [6.07, 6.45) is 0.289. The Morgan fingerprint density at radius 1 is 1.11 bits per heavy atom. The third-order valence-corrected chi connectivity index (χ3v) is 7.71. The summed E-state index contributed by atoms with van der Waals surface area (Å²) in [4.78, 5) is 28.1. The highest BCUT2D eigenvalue weighted by Crippen LogP contribution is 2.43. The summed E-state index contributed by atoms with van der Waals surface area (Å²) in [6.45, 7) is 1.94. The lowest BCUT2D eigenvalue weighted by Crippen LogP contribution is -2.31. The van der Waals surface area contributed by atoms with Crippen LogP contribution in [0.5, 0.6) is 0 Å². The van der Waals surface area contributed by atoms with Crippen molar-refractivity contribution in [2.75, 3.05) is 10.2 Å². The van der Waals surface area contributed by atoms with E-state index < -0.39 is 11.2 Å². The van der Waals surface area contributed by atoms with Crippen LogP contribution in [-0.2, 0) is 16.0 Å². The van der Waals surface area contributed by atoms with Crippen molar-refractivity contribution in [2.45, 2.75) is 18.6 Å². The van der Waals surface area contributed by atoms with E-state index in [1.54, 1.807) is 54.6 Å². The summed E-state index contributed by atoms with van der Waals surface area (Å²) in [7, 11) is 0. The van der Waals surface area contributed by atoms with Gasteiger partial charge < -0.3 is 5.32 Å². The lowest BCUT2D eigenvalue weighted by molar-refractivity contribution is -0.117. The molecule has 3 aromatic carbocycles. The van der Waals surface area contributed by atoms with E-state index in [1.807, 2.05) is 25.1 Å². The molecule has 1 aliphatic heterocycles. The van der Waals surface area contributed by atoms with Crippen LogP contribution in [0.1, 0.15) is 11.1 Å². The number of nitrogens with one attached hydrogen (secondary N) is 1. The highest BCUT2D eigenvalue weighted by molar-refractivity contribution is 9.10. The van der Waals surface area contributed by atoms with Gasteiger partial charge in [0.05, 0.1) is 5.25 Å². The Kier molecular flexibility index (Phi) is 7.88. The second-order valence-corrected chi connectivity index (χ2v) is 10.8. The zero-order valence-corrected chi connectivity index (χ0v) is 22.3. The van der Waals surface area contributed by atoms with Crippen molar-refractivity contribution < 1.29 is 9.59 Å². The number of amides is 2. The summed E-state index contributed by atoms with van der Waals surface area (Å²) in [5.41, 5.74) is 2.72. The van der Waals surface area contributed by atoms with Crippen molar-refractivity contribution in [1.82, 2.24) is 0 Å². The molecular formula is C26H18BrCl2N3O2S. The Morgan fingerprint density at radius 3 is 2.46 bits per heavy atom. The van der Waals surface area contributed by atoms with E-state index in [0.29, 0.717) is 27.0 Å². The van der Waals surface area contributed by atoms with Crippen molar-refractivity contribution in [3.63, 3.8) is 0 Å². The van der Waals surface area contributed by atoms with Crippen LogP contribution in [0.2, 0.25) is 10.0 Å². The molecule has 9 heteroatoms. The Bertz CT molecular complexity index is 1370. The van der Waals surface area contributed by atoms with Gasteiger partial charge in [-0.05, 0) is 73.5 Å². The molecule has 176 valence electrons. The second kappa shape index (κ2) is 10.9. The average molecular weight is 587 g/mol. The van der Waals surface area contributed by atoms with Gasteiger partial charge in [0.15, 0.2) is 0 Å². The average Bonchev–Trinajstić information content (AvgIpc) is 3.14. The minimum Gasteiger partial charge on any atom is -0.321 e. The molecule has 3 aromatic rings. The van der Waals surface area contributed by atoms with E-state index in [0.717, 1.165) is 10.0 Å². The highest BCUT2D eigenvalue weighted by Gasteiger charge is 2.41. The fraction of sp³-hybridized carbons (Fsp3) is 0.115. The first-order chi connectivity index (χ1) is 16.8. The standard InChI is InChI=1S/C26H18BrCl2N3O2S/c1-15-2-7-19(8-3-15)31-24(33)21(14-30)26-32(20-9-4-17(27)5-10-20)25(34)23(35-26)13-16-12-18(28)6-11-22(16)29/h2-12,23H,13H2,1H3,(H,31,33)/b26-21-/t23-/m0/s1. The first-order valence-electron chi connectivity index (χ1n) is 10.5. The Hall–Kier alpha value is -2.76. The Balaban J connectivity index is 1.73. The van der Waals surface area contributed by atoms with Crippen LogP contribution >= 0.6 is 50.9 Å². The van der Waals surface area contributed by atoms with Crippen molar-refractivity contribution in [2.24, 2.45) is 0 Å². The third-order valence-electron chi connectivity index (χ3n) is 5.31. The van der Waals surface area contributed by atoms with Gasteiger partial charge in [0.25, 0.3) is 5.91 Å². The van der Waals surface area contributed by atoms with Crippen LogP contribution in [-0.4, -0.2) is 17.1 Å². The van der Waals surface area contributed by atoms with Crippen molar-refractivity contribution in [3.8, 4) is 6.07 Å². The molecule has 0 aromatic heterocycles. The second-order valence-electron chi connectivity index (χ2n) is 7.81. The quantitative estimate of drug-likeness (QED) is 0.255. The summed E-state index contributed by atoms with van der Waals surface area (Å²) in [5.74, 6) is -0.838. The molecule has 5 nitrogen and oxygen atoms in total. The lowest BCUT2D eigenvalue weighted by atomic mass is 10.1. The molecule has 1 N–H and O–H groups in total. The van der Waals surface area contributed by atoms with E-state index in [-0.39, 0.29) is 22.9 Å². The molecule has 1 atom stereocenters. The molecule has 0 spiro atoms. The van der Waals surface area contributed by atoms with E-state index in [9.17, 15) is 14.9 Å². The number of carbonyl (C=O) groups excluding carboxylic acids is 2. The molecular weight excluding hydrogens is 569 g/mol. The molecule has 0 aliphatic carbocycles. The van der Waals surface area contributed by atoms with Gasteiger partial charge in [0, 0.05) is 25.9 Å². The first kappa shape index (κ1) is 25.3. The summed E-state index contributed by atoms with van der Waals surface area (Å²) in [6, 6.07) is 21.4. The van der Waals surface area contributed by atoms with Crippen LogP contribution < -0.4 is 10.2 Å². The molecule has 1 aliphatic rings. The number of benzene rings is 3. The van der Waals surface area contributed by atoms with E-state index in [2.05, 4.69) is 21.2 Å². The summed E-state index contributed by atoms with van der Waals surface area (Å²) in [5, 5.41) is 13.4. The molecule has 0 bridgehead atoms. The zero-order valence-electron chi connectivity index (χ0n) is 18.4. The number of carbonyl (C=O) groups is 2. The smallest absolute Gasteiger partial charge is 0.269 e. The van der Waals surface area contributed by atoms with E-state index in [1.165, 1.54) is 16.7 Å². The monoisotopic (exact) mass is 585 g/mol. The summed E-state index contributed by atoms with van der Waals surface area (Å²) < 4.78 is 0.839. The van der Waals surface area contributed by atoms with Gasteiger partial charge in [0.1, 0.15) is 16.7 Å². The normalized spacial score (nSPS) is 16.7. The number of hydrogen-bond acceptors (Lipinski definition) is 4. The van der Waals surface area contributed by atoms with Crippen molar-refractivity contribution >= 4 is 74.1 Å². The van der Waals surface area contributed by atoms with Gasteiger partial charge in [0.2, 0.25) is 5.91 Å². The molecule has 35 heavy (non-hydrogen) atoms. The molecule has 1 heterocycles. The minimum atomic E-state index is -0.597. The fourth-order valence-corrected chi connectivity index (χ4v) is 5.49. The van der Waals surface area contributed by atoms with E-state index >= 15 is 0 Å². The maximum absolute atomic E-state index is 13.6. The number of rotatable bonds is 5. The SMILES string of the molecule is Cc1ccc(NC(=O)/C(C#N)=C2\S[C@@H](Cc3cc(Cl)ccc3Cl)C(=O)N2c2ccc(Br)cc2)cc1. The lowest BCUT2D eigenvalue weighted by Gasteiger charge is -2.19. The first-order valence-corrected chi connectivity index (χ1v) is 12.9. The number of hydrogen-bond donors (Lipinski definition) is 1. The maximum atomic E-state index is 13.6. The number of anilines is 2. The molecule has 0 unspecified atom stereocenters. The predicted molar refractivity (Wildman–Crippen MR) is 146 cm³/mol. The fourth-order valence-electron chi connectivity index (χ4n) is 3.54. The number of aryl methyl sites for hydroxylation is 1. The van der Waals surface area contributed by atoms with Gasteiger partial charge >= 0.3 is 0 Å². The molecule has 1 saturated heterocycles. The van der Waals surface area contributed by atoms with Gasteiger partial charge in [-0.3, -0.25) is 14.5 Å². The molecule has 0 saturated carbocycles. The molecule has 4 rings (SSSR count). The zero-order chi connectivity index (χ0) is 25.1.